The van der Waals surface area contributed by atoms with E-state index >= 15 is 0 Å². The average molecular weight is 599 g/mol. The Morgan fingerprint density at radius 2 is 1.55 bits per heavy atom. The van der Waals surface area contributed by atoms with Gasteiger partial charge in [0.2, 0.25) is 0 Å². The van der Waals surface area contributed by atoms with Gasteiger partial charge < -0.3 is 20.0 Å². The topological polar surface area (TPSA) is 111 Å². The van der Waals surface area contributed by atoms with Crippen molar-refractivity contribution >= 4 is 63.5 Å². The third kappa shape index (κ3) is 6.91. The molecule has 15 heteroatoms. The number of thiocarbonyl (C=S) groups is 1. The quantitative estimate of drug-likeness (QED) is 0.292. The van der Waals surface area contributed by atoms with E-state index in [-0.39, 0.29) is 42.5 Å². The fraction of sp³-hybridized carbons (Fsp3) is 0.400. The highest BCUT2D eigenvalue weighted by molar-refractivity contribution is 7.80. The fourth-order valence-corrected chi connectivity index (χ4v) is 5.24. The summed E-state index contributed by atoms with van der Waals surface area (Å²) < 4.78 is 38.1. The van der Waals surface area contributed by atoms with Crippen LogP contribution in [0.3, 0.4) is 0 Å². The number of piperazine rings is 1. The molecule has 0 bridgehead atoms. The van der Waals surface area contributed by atoms with Crippen LogP contribution < -0.4 is 20.4 Å². The second-order valence-corrected chi connectivity index (χ2v) is 10.2. The molecule has 0 atom stereocenters. The maximum Gasteiger partial charge on any atom is 0.471 e. The molecule has 2 heterocycles. The largest absolute Gasteiger partial charge is 0.471 e. The van der Waals surface area contributed by atoms with Crippen molar-refractivity contribution in [1.29, 1.82) is 0 Å². The highest BCUT2D eigenvalue weighted by Gasteiger charge is 2.43. The van der Waals surface area contributed by atoms with Crippen molar-refractivity contribution in [2.45, 2.75) is 25.4 Å². The van der Waals surface area contributed by atoms with Gasteiger partial charge in [0.05, 0.1) is 26.9 Å². The van der Waals surface area contributed by atoms with Gasteiger partial charge in [-0.1, -0.05) is 11.6 Å². The summed E-state index contributed by atoms with van der Waals surface area (Å²) >= 11 is 11.7. The summed E-state index contributed by atoms with van der Waals surface area (Å²) in [7, 11) is 0. The SMILES string of the molecule is O=C(NC(=S)Nc1ccc(N2CCN(C(=O)C(F)(F)F)CC2)c(Cl)c1)c1cc([N+](=O)[O-])ccc1N1CCCCC1. The zero-order valence-corrected chi connectivity index (χ0v) is 22.7. The maximum absolute atomic E-state index is 13.1. The zero-order valence-electron chi connectivity index (χ0n) is 21.2. The number of benzene rings is 2. The molecule has 2 fully saturated rings. The van der Waals surface area contributed by atoms with Crippen LogP contribution >= 0.6 is 23.8 Å². The maximum atomic E-state index is 13.1. The van der Waals surface area contributed by atoms with Gasteiger partial charge in [0.15, 0.2) is 5.11 Å². The summed E-state index contributed by atoms with van der Waals surface area (Å²) in [4.78, 5) is 39.9. The summed E-state index contributed by atoms with van der Waals surface area (Å²) in [5.74, 6) is -2.46. The number of piperidine rings is 1. The Hall–Kier alpha value is -3.65. The van der Waals surface area contributed by atoms with Gasteiger partial charge in [-0.15, -0.1) is 0 Å². The number of carbonyl (C=O) groups is 2. The molecule has 2 N–H and O–H groups in total. The van der Waals surface area contributed by atoms with Gasteiger partial charge in [-0.25, -0.2) is 0 Å². The Morgan fingerprint density at radius 3 is 2.15 bits per heavy atom. The molecule has 2 aliphatic rings. The second-order valence-electron chi connectivity index (χ2n) is 9.36. The van der Waals surface area contributed by atoms with Gasteiger partial charge in [-0.2, -0.15) is 13.2 Å². The van der Waals surface area contributed by atoms with Gasteiger partial charge in [0.25, 0.3) is 11.6 Å². The molecule has 4 rings (SSSR count). The normalized spacial score (nSPS) is 15.9. The second kappa shape index (κ2) is 12.3. The van der Waals surface area contributed by atoms with Crippen molar-refractivity contribution in [3.05, 3.63) is 57.1 Å². The molecular weight excluding hydrogens is 573 g/mol. The zero-order chi connectivity index (χ0) is 29.0. The molecule has 2 aromatic carbocycles. The fourth-order valence-electron chi connectivity index (χ4n) is 4.73. The van der Waals surface area contributed by atoms with Crippen molar-refractivity contribution in [3.8, 4) is 0 Å². The first-order chi connectivity index (χ1) is 18.9. The third-order valence-corrected chi connectivity index (χ3v) is 7.22. The van der Waals surface area contributed by atoms with Crippen LogP contribution in [0.15, 0.2) is 36.4 Å². The predicted molar refractivity (Wildman–Crippen MR) is 149 cm³/mol. The monoisotopic (exact) mass is 598 g/mol. The lowest BCUT2D eigenvalue weighted by Crippen LogP contribution is -2.52. The molecule has 214 valence electrons. The molecule has 0 radical (unpaired) electrons. The number of amides is 2. The van der Waals surface area contributed by atoms with Crippen LogP contribution in [0.5, 0.6) is 0 Å². The number of nitrogens with one attached hydrogen (secondary N) is 2. The highest BCUT2D eigenvalue weighted by Crippen LogP contribution is 2.31. The van der Waals surface area contributed by atoms with Crippen LogP contribution in [0.4, 0.5) is 35.9 Å². The number of carbonyl (C=O) groups excluding carboxylic acids is 2. The van der Waals surface area contributed by atoms with Crippen molar-refractivity contribution in [1.82, 2.24) is 10.2 Å². The lowest BCUT2D eigenvalue weighted by Gasteiger charge is -2.36. The van der Waals surface area contributed by atoms with Crippen LogP contribution in [0.1, 0.15) is 29.6 Å². The van der Waals surface area contributed by atoms with E-state index in [9.17, 15) is 32.9 Å². The molecule has 0 aromatic heterocycles. The Labute approximate surface area is 238 Å². The summed E-state index contributed by atoms with van der Waals surface area (Å²) in [6, 6.07) is 9.02. The standard InChI is InChI=1S/C25H26ClF3N6O4S/c26-19-14-16(4-6-21(19)33-10-12-34(13-11-33)23(37)25(27,28)29)30-24(40)31-22(36)18-15-17(35(38)39)5-7-20(18)32-8-2-1-3-9-32/h4-7,14-15H,1-3,8-13H2,(H2,30,31,36,40). The van der Waals surface area contributed by atoms with E-state index in [1.165, 1.54) is 12.1 Å². The first kappa shape index (κ1) is 29.3. The van der Waals surface area contributed by atoms with Crippen molar-refractivity contribution in [2.24, 2.45) is 0 Å². The average Bonchev–Trinajstić information content (AvgIpc) is 2.92. The van der Waals surface area contributed by atoms with E-state index in [4.69, 9.17) is 23.8 Å². The lowest BCUT2D eigenvalue weighted by atomic mass is 10.1. The summed E-state index contributed by atoms with van der Waals surface area (Å²) in [6.07, 6.45) is -1.92. The number of alkyl halides is 3. The summed E-state index contributed by atoms with van der Waals surface area (Å²) in [5, 5.41) is 17.0. The molecule has 0 saturated carbocycles. The minimum absolute atomic E-state index is 0.0517. The number of nitro benzene ring substituents is 1. The number of hydrogen-bond donors (Lipinski definition) is 2. The van der Waals surface area contributed by atoms with E-state index in [1.807, 2.05) is 4.90 Å². The van der Waals surface area contributed by atoms with E-state index in [0.29, 0.717) is 22.1 Å². The van der Waals surface area contributed by atoms with Crippen LogP contribution in [0.2, 0.25) is 5.02 Å². The number of nitrogens with zero attached hydrogens (tertiary/aromatic N) is 4. The number of anilines is 3. The van der Waals surface area contributed by atoms with E-state index in [0.717, 1.165) is 37.3 Å². The van der Waals surface area contributed by atoms with Crippen molar-refractivity contribution < 1.29 is 27.7 Å². The number of halogens is 4. The summed E-state index contributed by atoms with van der Waals surface area (Å²) in [5.41, 5.74) is 1.53. The van der Waals surface area contributed by atoms with Crippen molar-refractivity contribution in [3.63, 3.8) is 0 Å². The van der Waals surface area contributed by atoms with Gasteiger partial charge in [0.1, 0.15) is 0 Å². The Bertz CT molecular complexity index is 1310. The van der Waals surface area contributed by atoms with Gasteiger partial charge >= 0.3 is 12.1 Å². The van der Waals surface area contributed by atoms with Crippen LogP contribution in [-0.4, -0.2) is 72.2 Å². The molecule has 40 heavy (non-hydrogen) atoms. The molecule has 2 aromatic rings. The van der Waals surface area contributed by atoms with E-state index in [2.05, 4.69) is 10.6 Å². The number of non-ortho nitro benzene ring substituents is 1. The lowest BCUT2D eigenvalue weighted by molar-refractivity contribution is -0.384. The third-order valence-electron chi connectivity index (χ3n) is 6.72. The van der Waals surface area contributed by atoms with E-state index in [1.54, 1.807) is 29.2 Å². The Kier molecular flexibility index (Phi) is 8.98. The first-order valence-electron chi connectivity index (χ1n) is 12.5. The van der Waals surface area contributed by atoms with Crippen molar-refractivity contribution in [2.75, 3.05) is 54.4 Å². The molecule has 2 aliphatic heterocycles. The Morgan fingerprint density at radius 1 is 0.925 bits per heavy atom. The van der Waals surface area contributed by atoms with Crippen LogP contribution in [0.25, 0.3) is 0 Å². The molecule has 2 saturated heterocycles. The molecule has 0 aliphatic carbocycles. The van der Waals surface area contributed by atoms with Crippen LogP contribution in [0, 0.1) is 10.1 Å². The van der Waals surface area contributed by atoms with E-state index < -0.39 is 22.9 Å². The highest BCUT2D eigenvalue weighted by atomic mass is 35.5. The molecule has 10 nitrogen and oxygen atoms in total. The van der Waals surface area contributed by atoms with Gasteiger partial charge in [0, 0.05) is 57.1 Å². The minimum atomic E-state index is -4.91. The van der Waals surface area contributed by atoms with Gasteiger partial charge in [-0.05, 0) is 55.7 Å². The van der Waals surface area contributed by atoms with Gasteiger partial charge in [-0.3, -0.25) is 25.0 Å². The number of hydrogen-bond acceptors (Lipinski definition) is 7. The minimum Gasteiger partial charge on any atom is -0.371 e. The molecule has 0 unspecified atom stereocenters. The first-order valence-corrected chi connectivity index (χ1v) is 13.3. The smallest absolute Gasteiger partial charge is 0.371 e. The predicted octanol–water partition coefficient (Wildman–Crippen LogP) is 4.58. The molecular formula is C25H26ClF3N6O4S. The van der Waals surface area contributed by atoms with Crippen LogP contribution in [-0.2, 0) is 4.79 Å². The molecule has 0 spiro atoms. The summed E-state index contributed by atoms with van der Waals surface area (Å²) in [6.45, 7) is 1.62. The Balaban J connectivity index is 1.40. The number of rotatable bonds is 5. The molecule has 2 amide bonds. The number of nitro groups is 1.